The zero-order chi connectivity index (χ0) is 17.7. The van der Waals surface area contributed by atoms with Gasteiger partial charge in [-0.1, -0.05) is 12.1 Å². The third-order valence-electron chi connectivity index (χ3n) is 4.05. The van der Waals surface area contributed by atoms with Crippen molar-refractivity contribution in [2.75, 3.05) is 34.8 Å². The van der Waals surface area contributed by atoms with Gasteiger partial charge in [-0.25, -0.2) is 5.01 Å². The van der Waals surface area contributed by atoms with Crippen molar-refractivity contribution in [2.45, 2.75) is 18.9 Å². The van der Waals surface area contributed by atoms with Crippen LogP contribution in [0.25, 0.3) is 0 Å². The van der Waals surface area contributed by atoms with Crippen LogP contribution in [0.2, 0.25) is 0 Å². The zero-order valence-electron chi connectivity index (χ0n) is 14.6. The van der Waals surface area contributed by atoms with E-state index >= 15 is 0 Å². The van der Waals surface area contributed by atoms with Crippen molar-refractivity contribution in [1.29, 1.82) is 0 Å². The second kappa shape index (κ2) is 7.92. The number of amides is 2. The van der Waals surface area contributed by atoms with Gasteiger partial charge in [-0.3, -0.25) is 9.59 Å². The van der Waals surface area contributed by atoms with Gasteiger partial charge in [0.2, 0.25) is 5.91 Å². The van der Waals surface area contributed by atoms with Gasteiger partial charge in [0, 0.05) is 26.4 Å². The summed E-state index contributed by atoms with van der Waals surface area (Å²) in [7, 11) is 7.12. The van der Waals surface area contributed by atoms with Crippen molar-refractivity contribution in [3.05, 3.63) is 29.8 Å². The molecule has 1 aliphatic rings. The Balaban J connectivity index is 2.02. The third kappa shape index (κ3) is 4.32. The van der Waals surface area contributed by atoms with Crippen LogP contribution < -0.4 is 10.1 Å². The number of carbonyl (C=O) groups is 2. The number of carbonyl (C=O) groups excluding carboxylic acids is 2. The highest BCUT2D eigenvalue weighted by Gasteiger charge is 2.23. The Morgan fingerprint density at radius 3 is 2.54 bits per heavy atom. The number of ether oxygens (including phenoxy) is 1. The molecule has 1 atom stereocenters. The van der Waals surface area contributed by atoms with Crippen LogP contribution in [-0.2, 0) is 9.59 Å². The lowest BCUT2D eigenvalue weighted by molar-refractivity contribution is -0.130. The molecular weight excluding hydrogens is 308 g/mol. The fourth-order valence-electron chi connectivity index (χ4n) is 2.55. The van der Waals surface area contributed by atoms with Crippen molar-refractivity contribution in [3.8, 4) is 5.75 Å². The summed E-state index contributed by atoms with van der Waals surface area (Å²) >= 11 is 0. The molecule has 0 saturated carbocycles. The molecule has 0 fully saturated rings. The molecular formula is C17H24N4O3. The first-order valence-corrected chi connectivity index (χ1v) is 7.85. The molecule has 1 aliphatic heterocycles. The van der Waals surface area contributed by atoms with E-state index in [0.29, 0.717) is 25.1 Å². The van der Waals surface area contributed by atoms with Gasteiger partial charge in [-0.2, -0.15) is 5.10 Å². The molecule has 2 rings (SSSR count). The summed E-state index contributed by atoms with van der Waals surface area (Å²) in [6.07, 6.45) is 0.697. The molecule has 0 unspecified atom stereocenters. The molecule has 0 aromatic heterocycles. The summed E-state index contributed by atoms with van der Waals surface area (Å²) in [6, 6.07) is 7.81. The van der Waals surface area contributed by atoms with E-state index in [2.05, 4.69) is 10.4 Å². The normalized spacial score (nSPS) is 16.0. The average Bonchev–Trinajstić information content (AvgIpc) is 2.57. The molecule has 0 saturated heterocycles. The quantitative estimate of drug-likeness (QED) is 0.844. The van der Waals surface area contributed by atoms with Gasteiger partial charge in [-0.05, 0) is 31.8 Å². The smallest absolute Gasteiger partial charge is 0.267 e. The monoisotopic (exact) mass is 332 g/mol. The topological polar surface area (TPSA) is 74.2 Å². The van der Waals surface area contributed by atoms with E-state index in [9.17, 15) is 9.59 Å². The van der Waals surface area contributed by atoms with Gasteiger partial charge in [0.15, 0.2) is 0 Å². The SMILES string of the molecule is COc1ccc([C@@H](CNC(=O)C2=NN(C)C(=O)CC2)N(C)C)cc1. The van der Waals surface area contributed by atoms with Gasteiger partial charge < -0.3 is 15.0 Å². The van der Waals surface area contributed by atoms with E-state index in [0.717, 1.165) is 11.3 Å². The van der Waals surface area contributed by atoms with Crippen LogP contribution in [0.3, 0.4) is 0 Å². The minimum absolute atomic E-state index is 0.0309. The highest BCUT2D eigenvalue weighted by Crippen LogP contribution is 2.20. The number of rotatable bonds is 6. The van der Waals surface area contributed by atoms with E-state index < -0.39 is 0 Å². The lowest BCUT2D eigenvalue weighted by Crippen LogP contribution is -2.41. The van der Waals surface area contributed by atoms with Gasteiger partial charge in [0.25, 0.3) is 5.91 Å². The number of likely N-dealkylation sites (N-methyl/N-ethyl adjacent to an activating group) is 1. The molecule has 7 heteroatoms. The largest absolute Gasteiger partial charge is 0.497 e. The van der Waals surface area contributed by atoms with E-state index in [1.165, 1.54) is 5.01 Å². The van der Waals surface area contributed by atoms with Gasteiger partial charge in [-0.15, -0.1) is 0 Å². The fourth-order valence-corrected chi connectivity index (χ4v) is 2.55. The Bertz CT molecular complexity index is 625. The van der Waals surface area contributed by atoms with Crippen LogP contribution in [0.5, 0.6) is 5.75 Å². The molecule has 24 heavy (non-hydrogen) atoms. The highest BCUT2D eigenvalue weighted by molar-refractivity contribution is 6.39. The molecule has 0 aliphatic carbocycles. The van der Waals surface area contributed by atoms with E-state index in [1.54, 1.807) is 14.2 Å². The predicted octanol–water partition coefficient (Wildman–Crippen LogP) is 1.02. The highest BCUT2D eigenvalue weighted by atomic mass is 16.5. The van der Waals surface area contributed by atoms with E-state index in [1.807, 2.05) is 43.3 Å². The molecule has 0 bridgehead atoms. The average molecular weight is 332 g/mol. The Labute approximate surface area is 142 Å². The maximum Gasteiger partial charge on any atom is 0.267 e. The maximum atomic E-state index is 12.3. The van der Waals surface area contributed by atoms with Crippen LogP contribution in [0, 0.1) is 0 Å². The Hall–Kier alpha value is -2.41. The first kappa shape index (κ1) is 17.9. The van der Waals surface area contributed by atoms with Crippen molar-refractivity contribution >= 4 is 17.5 Å². The number of hydrogen-bond donors (Lipinski definition) is 1. The van der Waals surface area contributed by atoms with Gasteiger partial charge in [0.1, 0.15) is 11.5 Å². The zero-order valence-corrected chi connectivity index (χ0v) is 14.6. The number of methoxy groups -OCH3 is 1. The third-order valence-corrected chi connectivity index (χ3v) is 4.05. The molecule has 1 aromatic carbocycles. The van der Waals surface area contributed by atoms with Crippen molar-refractivity contribution in [1.82, 2.24) is 15.2 Å². The second-order valence-electron chi connectivity index (χ2n) is 5.93. The summed E-state index contributed by atoms with van der Waals surface area (Å²) in [5.74, 6) is 0.496. The van der Waals surface area contributed by atoms with Gasteiger partial charge in [0.05, 0.1) is 13.2 Å². The van der Waals surface area contributed by atoms with Gasteiger partial charge >= 0.3 is 0 Å². The molecule has 0 spiro atoms. The lowest BCUT2D eigenvalue weighted by atomic mass is 10.1. The van der Waals surface area contributed by atoms with E-state index in [-0.39, 0.29) is 17.9 Å². The van der Waals surface area contributed by atoms with Crippen molar-refractivity contribution in [3.63, 3.8) is 0 Å². The Morgan fingerprint density at radius 1 is 1.33 bits per heavy atom. The minimum atomic E-state index is -0.227. The number of nitrogens with zero attached hydrogens (tertiary/aromatic N) is 3. The Morgan fingerprint density at radius 2 is 2.00 bits per heavy atom. The van der Waals surface area contributed by atoms with Crippen molar-refractivity contribution < 1.29 is 14.3 Å². The molecule has 2 amide bonds. The van der Waals surface area contributed by atoms with Crippen LogP contribution in [0.4, 0.5) is 0 Å². The first-order chi connectivity index (χ1) is 11.4. The molecule has 1 heterocycles. The lowest BCUT2D eigenvalue weighted by Gasteiger charge is -2.26. The van der Waals surface area contributed by atoms with Crippen LogP contribution >= 0.6 is 0 Å². The van der Waals surface area contributed by atoms with E-state index in [4.69, 9.17) is 4.74 Å². The summed E-state index contributed by atoms with van der Waals surface area (Å²) < 4.78 is 5.17. The molecule has 1 N–H and O–H groups in total. The number of nitrogens with one attached hydrogen (secondary N) is 1. The second-order valence-corrected chi connectivity index (χ2v) is 5.93. The van der Waals surface area contributed by atoms with Crippen molar-refractivity contribution in [2.24, 2.45) is 5.10 Å². The number of benzene rings is 1. The molecule has 1 aromatic rings. The maximum absolute atomic E-state index is 12.3. The van der Waals surface area contributed by atoms with Crippen LogP contribution in [-0.4, -0.2) is 62.2 Å². The van der Waals surface area contributed by atoms with Crippen LogP contribution in [0.1, 0.15) is 24.4 Å². The number of hydrogen-bond acceptors (Lipinski definition) is 5. The standard InChI is InChI=1S/C17H24N4O3/c1-20(2)15(12-5-7-13(24-4)8-6-12)11-18-17(23)14-9-10-16(22)21(3)19-14/h5-8,15H,9-11H2,1-4H3,(H,18,23)/t15-/m1/s1. The summed E-state index contributed by atoms with van der Waals surface area (Å²) in [5, 5.41) is 8.18. The Kier molecular flexibility index (Phi) is 5.92. The fraction of sp³-hybridized carbons (Fsp3) is 0.471. The van der Waals surface area contributed by atoms with Crippen LogP contribution in [0.15, 0.2) is 29.4 Å². The number of hydrazone groups is 1. The minimum Gasteiger partial charge on any atom is -0.497 e. The molecule has 0 radical (unpaired) electrons. The molecule has 130 valence electrons. The summed E-state index contributed by atoms with van der Waals surface area (Å²) in [4.78, 5) is 25.8. The molecule has 7 nitrogen and oxygen atoms in total. The predicted molar refractivity (Wildman–Crippen MR) is 91.9 cm³/mol. The summed E-state index contributed by atoms with van der Waals surface area (Å²) in [5.41, 5.74) is 1.48. The first-order valence-electron chi connectivity index (χ1n) is 7.85. The summed E-state index contributed by atoms with van der Waals surface area (Å²) in [6.45, 7) is 0.453.